The minimum absolute atomic E-state index is 0.379. The molecular weight excluding hydrogens is 268 g/mol. The molecule has 0 aromatic heterocycles. The maximum absolute atomic E-state index is 2.81. The Morgan fingerprint density at radius 2 is 1.89 bits per heavy atom. The van der Waals surface area contributed by atoms with Gasteiger partial charge in [0.2, 0.25) is 0 Å². The van der Waals surface area contributed by atoms with Gasteiger partial charge in [0.25, 0.3) is 0 Å². The van der Waals surface area contributed by atoms with Gasteiger partial charge in [-0.15, -0.1) is 0 Å². The van der Waals surface area contributed by atoms with Crippen LogP contribution in [0.2, 0.25) is 0 Å². The van der Waals surface area contributed by atoms with Gasteiger partial charge in [-0.25, -0.2) is 0 Å². The second kappa shape index (κ2) is 5.88. The van der Waals surface area contributed by atoms with Crippen molar-refractivity contribution in [3.8, 4) is 0 Å². The van der Waals surface area contributed by atoms with Gasteiger partial charge in [0.15, 0.2) is 0 Å². The zero-order valence-electron chi connectivity index (χ0n) is 13.2. The van der Waals surface area contributed by atoms with Crippen molar-refractivity contribution >= 4 is 20.9 Å². The van der Waals surface area contributed by atoms with Crippen LogP contribution in [0.3, 0.4) is 0 Å². The number of fused-ring (bicyclic) bond motifs is 1. The van der Waals surface area contributed by atoms with E-state index >= 15 is 0 Å². The van der Waals surface area contributed by atoms with Gasteiger partial charge in [-0.2, -0.15) is 0 Å². The molecule has 2 rings (SSSR count). The minimum Gasteiger partial charge on any atom is -0.264 e. The van der Waals surface area contributed by atoms with Crippen LogP contribution in [0, 0.1) is 0 Å². The molecule has 0 amide bonds. The van der Waals surface area contributed by atoms with Crippen molar-refractivity contribution in [3.05, 3.63) is 23.3 Å². The van der Waals surface area contributed by atoms with Crippen LogP contribution < -0.4 is 0 Å². The molecule has 1 saturated heterocycles. The van der Waals surface area contributed by atoms with E-state index < -0.39 is 6.89 Å². The Hall–Kier alpha value is 0.170. The van der Waals surface area contributed by atoms with E-state index in [1.165, 1.54) is 32.0 Å². The lowest BCUT2D eigenvalue weighted by Crippen LogP contribution is -2.47. The van der Waals surface area contributed by atoms with Crippen molar-refractivity contribution in [1.29, 1.82) is 0 Å². The molecule has 1 nitrogen and oxygen atoms in total. The van der Waals surface area contributed by atoms with Crippen LogP contribution in [0.4, 0.5) is 0 Å². The van der Waals surface area contributed by atoms with Crippen LogP contribution in [0.25, 0.3) is 0 Å². The molecule has 2 heterocycles. The summed E-state index contributed by atoms with van der Waals surface area (Å²) in [5, 5.41) is 1.65. The van der Waals surface area contributed by atoms with Crippen molar-refractivity contribution in [2.24, 2.45) is 0 Å². The SMILES string of the molecule is CCCC(C)(CCC)N1CPC2=CC=CP(C)(C)=C21. The second-order valence-corrected chi connectivity index (χ2v) is 11.6. The molecule has 0 radical (unpaired) electrons. The van der Waals surface area contributed by atoms with E-state index in [9.17, 15) is 0 Å². The van der Waals surface area contributed by atoms with Gasteiger partial charge in [0.05, 0.1) is 0 Å². The number of hydrogen-bond acceptors (Lipinski definition) is 1. The fourth-order valence-electron chi connectivity index (χ4n) is 3.56. The number of rotatable bonds is 5. The summed E-state index contributed by atoms with van der Waals surface area (Å²) in [6, 6.07) is 0. The molecular formula is C16H29NP2. The first-order valence-corrected chi connectivity index (χ1v) is 11.5. The molecule has 0 bridgehead atoms. The maximum atomic E-state index is 2.81. The summed E-state index contributed by atoms with van der Waals surface area (Å²) in [5.74, 6) is 2.48. The van der Waals surface area contributed by atoms with Gasteiger partial charge in [0.1, 0.15) is 0 Å². The average molecular weight is 297 g/mol. The molecule has 2 aliphatic rings. The van der Waals surface area contributed by atoms with E-state index in [1.807, 2.05) is 0 Å². The first-order valence-electron chi connectivity index (χ1n) is 7.57. The summed E-state index contributed by atoms with van der Waals surface area (Å²) in [6.07, 6.45) is 11.2. The highest BCUT2D eigenvalue weighted by molar-refractivity contribution is 7.79. The summed E-state index contributed by atoms with van der Waals surface area (Å²) in [7, 11) is 0.994. The molecule has 1 unspecified atom stereocenters. The quantitative estimate of drug-likeness (QED) is 0.637. The van der Waals surface area contributed by atoms with Crippen LogP contribution in [-0.2, 0) is 0 Å². The maximum Gasteiger partial charge on any atom is 0.0254 e. The molecule has 0 aliphatic carbocycles. The molecule has 0 spiro atoms. The van der Waals surface area contributed by atoms with Crippen LogP contribution in [0.1, 0.15) is 46.5 Å². The van der Waals surface area contributed by atoms with E-state index in [-0.39, 0.29) is 0 Å². The molecule has 3 heteroatoms. The van der Waals surface area contributed by atoms with Crippen molar-refractivity contribution < 1.29 is 0 Å². The van der Waals surface area contributed by atoms with Crippen molar-refractivity contribution in [2.75, 3.05) is 19.6 Å². The van der Waals surface area contributed by atoms with E-state index in [0.29, 0.717) is 5.54 Å². The highest BCUT2D eigenvalue weighted by Crippen LogP contribution is 2.55. The Labute approximate surface area is 121 Å². The van der Waals surface area contributed by atoms with Crippen LogP contribution in [-0.4, -0.2) is 35.5 Å². The van der Waals surface area contributed by atoms with E-state index in [2.05, 4.69) is 57.0 Å². The van der Waals surface area contributed by atoms with Gasteiger partial charge in [-0.05, 0) is 38.4 Å². The number of nitrogens with zero attached hydrogens (tertiary/aromatic N) is 1. The van der Waals surface area contributed by atoms with Crippen molar-refractivity contribution in [1.82, 2.24) is 4.90 Å². The number of hydrogen-bond donors (Lipinski definition) is 0. The fourth-order valence-corrected chi connectivity index (χ4v) is 8.46. The largest absolute Gasteiger partial charge is 0.264 e. The Kier molecular flexibility index (Phi) is 4.82. The Balaban J connectivity index is 2.43. The van der Waals surface area contributed by atoms with E-state index in [1.54, 1.807) is 10.7 Å². The normalized spacial score (nSPS) is 23.8. The monoisotopic (exact) mass is 297 g/mol. The topological polar surface area (TPSA) is 3.24 Å². The summed E-state index contributed by atoms with van der Waals surface area (Å²) in [5.41, 5.74) is 2.10. The van der Waals surface area contributed by atoms with Gasteiger partial charge < -0.3 is 0 Å². The Morgan fingerprint density at radius 1 is 1.26 bits per heavy atom. The second-order valence-electron chi connectivity index (χ2n) is 6.55. The van der Waals surface area contributed by atoms with Crippen molar-refractivity contribution in [3.63, 3.8) is 0 Å². The summed E-state index contributed by atoms with van der Waals surface area (Å²) in [6.45, 7) is 11.1. The predicted octanol–water partition coefficient (Wildman–Crippen LogP) is 5.12. The van der Waals surface area contributed by atoms with Crippen LogP contribution in [0.5, 0.6) is 0 Å². The Morgan fingerprint density at radius 3 is 2.47 bits per heavy atom. The third-order valence-corrected chi connectivity index (χ3v) is 8.38. The van der Waals surface area contributed by atoms with Gasteiger partial charge >= 0.3 is 0 Å². The molecule has 0 aromatic rings. The van der Waals surface area contributed by atoms with E-state index in [0.717, 1.165) is 8.58 Å². The van der Waals surface area contributed by atoms with Crippen LogP contribution in [0.15, 0.2) is 23.3 Å². The highest BCUT2D eigenvalue weighted by atomic mass is 31.2. The lowest BCUT2D eigenvalue weighted by atomic mass is 9.89. The third-order valence-electron chi connectivity index (χ3n) is 4.42. The van der Waals surface area contributed by atoms with Crippen molar-refractivity contribution in [2.45, 2.75) is 52.0 Å². The van der Waals surface area contributed by atoms with Crippen LogP contribution >= 0.6 is 15.5 Å². The molecule has 0 saturated carbocycles. The summed E-state index contributed by atoms with van der Waals surface area (Å²) in [4.78, 5) is 2.81. The third kappa shape index (κ3) is 2.94. The first-order chi connectivity index (χ1) is 8.94. The Bertz CT molecular complexity index is 447. The lowest BCUT2D eigenvalue weighted by Gasteiger charge is -2.42. The fraction of sp³-hybridized carbons (Fsp3) is 0.688. The zero-order valence-corrected chi connectivity index (χ0v) is 15.1. The molecule has 1 atom stereocenters. The predicted molar refractivity (Wildman–Crippen MR) is 94.2 cm³/mol. The lowest BCUT2D eigenvalue weighted by molar-refractivity contribution is 0.192. The zero-order chi connectivity index (χ0) is 14.1. The molecule has 1 fully saturated rings. The molecule has 2 aliphatic heterocycles. The summed E-state index contributed by atoms with van der Waals surface area (Å²) < 4.78 is 0. The molecule has 0 N–H and O–H groups in total. The smallest absolute Gasteiger partial charge is 0.0254 e. The first kappa shape index (κ1) is 15.6. The minimum atomic E-state index is -1.04. The molecule has 0 aromatic carbocycles. The standard InChI is InChI=1S/C16H29NP2/c1-6-10-16(3,11-7-2)17-13-18-14-9-8-12-19(4,5)15(14)17/h8-9,12,18H,6-7,10-11,13H2,1-5H3. The number of allylic oxidation sites excluding steroid dienone is 2. The molecule has 19 heavy (non-hydrogen) atoms. The highest BCUT2D eigenvalue weighted by Gasteiger charge is 2.39. The average Bonchev–Trinajstić information content (AvgIpc) is 2.75. The van der Waals surface area contributed by atoms with Gasteiger partial charge in [-0.1, -0.05) is 60.1 Å². The van der Waals surface area contributed by atoms with Gasteiger partial charge in [-0.3, -0.25) is 4.90 Å². The van der Waals surface area contributed by atoms with E-state index in [4.69, 9.17) is 0 Å². The molecule has 108 valence electrons. The summed E-state index contributed by atoms with van der Waals surface area (Å²) >= 11 is 0. The van der Waals surface area contributed by atoms with Gasteiger partial charge in [0, 0.05) is 17.2 Å².